The second-order valence-electron chi connectivity index (χ2n) is 4.92. The smallest absolute Gasteiger partial charge is 0.226 e. The Morgan fingerprint density at radius 3 is 3.25 bits per heavy atom. The normalized spacial score (nSPS) is 17.9. The van der Waals surface area contributed by atoms with Crippen LogP contribution in [0.5, 0.6) is 0 Å². The molecule has 6 heteroatoms. The molecular weight excluding hydrogens is 290 g/mol. The lowest BCUT2D eigenvalue weighted by molar-refractivity contribution is -0.116. The summed E-state index contributed by atoms with van der Waals surface area (Å²) in [4.78, 5) is 13.1. The first kappa shape index (κ1) is 13.7. The molecule has 0 bridgehead atoms. The number of anilines is 1. The van der Waals surface area contributed by atoms with Gasteiger partial charge in [0, 0.05) is 16.9 Å². The van der Waals surface area contributed by atoms with Gasteiger partial charge in [-0.3, -0.25) is 4.79 Å². The minimum absolute atomic E-state index is 0.108. The van der Waals surface area contributed by atoms with Crippen molar-refractivity contribution in [3.05, 3.63) is 34.2 Å². The Kier molecular flexibility index (Phi) is 4.12. The summed E-state index contributed by atoms with van der Waals surface area (Å²) >= 11 is 3.53. The number of amides is 1. The van der Waals surface area contributed by atoms with Crippen molar-refractivity contribution in [2.75, 3.05) is 17.3 Å². The zero-order valence-electron chi connectivity index (χ0n) is 11.3. The molecule has 3 rings (SSSR count). The summed E-state index contributed by atoms with van der Waals surface area (Å²) in [7, 11) is 0. The van der Waals surface area contributed by atoms with Crippen LogP contribution in [0.1, 0.15) is 29.2 Å². The number of nitrogens with zero attached hydrogens (tertiary/aromatic N) is 2. The number of thioether (sulfide) groups is 1. The minimum Gasteiger partial charge on any atom is -0.311 e. The molecule has 0 aliphatic carbocycles. The fourth-order valence-electron chi connectivity index (χ4n) is 2.54. The molecule has 1 amide bonds. The Morgan fingerprint density at radius 1 is 1.60 bits per heavy atom. The standard InChI is InChI=1S/C14H17N3OS2/c1-19-6-4-10-7-13(18)16-14-12(10)8-15-17(14)9-11-3-2-5-20-11/h2-3,5,8,10H,4,6-7,9H2,1H3,(H,16,18)/t10-/m0/s1. The maximum absolute atomic E-state index is 11.9. The molecule has 20 heavy (non-hydrogen) atoms. The van der Waals surface area contributed by atoms with Gasteiger partial charge in [0.15, 0.2) is 0 Å². The van der Waals surface area contributed by atoms with Crippen molar-refractivity contribution in [3.63, 3.8) is 0 Å². The Labute approximate surface area is 126 Å². The molecular formula is C14H17N3OS2. The maximum atomic E-state index is 11.9. The lowest BCUT2D eigenvalue weighted by Crippen LogP contribution is -2.24. The largest absolute Gasteiger partial charge is 0.311 e. The van der Waals surface area contributed by atoms with Crippen molar-refractivity contribution in [1.29, 1.82) is 0 Å². The number of rotatable bonds is 5. The van der Waals surface area contributed by atoms with Gasteiger partial charge in [-0.05, 0) is 35.8 Å². The third kappa shape index (κ3) is 2.76. The highest BCUT2D eigenvalue weighted by Crippen LogP contribution is 2.35. The third-order valence-electron chi connectivity index (χ3n) is 3.55. The van der Waals surface area contributed by atoms with Gasteiger partial charge in [0.05, 0.1) is 12.7 Å². The van der Waals surface area contributed by atoms with Crippen LogP contribution in [0, 0.1) is 0 Å². The second-order valence-corrected chi connectivity index (χ2v) is 6.93. The first-order chi connectivity index (χ1) is 9.78. The van der Waals surface area contributed by atoms with E-state index in [0.717, 1.165) is 24.5 Å². The summed E-state index contributed by atoms with van der Waals surface area (Å²) in [5.41, 5.74) is 1.19. The van der Waals surface area contributed by atoms with E-state index in [2.05, 4.69) is 28.1 Å². The lowest BCUT2D eigenvalue weighted by atomic mass is 9.92. The number of aromatic nitrogens is 2. The zero-order valence-corrected chi connectivity index (χ0v) is 13.0. The van der Waals surface area contributed by atoms with Crippen LogP contribution in [0.3, 0.4) is 0 Å². The predicted octanol–water partition coefficient (Wildman–Crippen LogP) is 3.17. The molecule has 0 spiro atoms. The number of fused-ring (bicyclic) bond motifs is 1. The van der Waals surface area contributed by atoms with Crippen LogP contribution < -0.4 is 5.32 Å². The van der Waals surface area contributed by atoms with E-state index in [1.807, 2.05) is 28.7 Å². The van der Waals surface area contributed by atoms with Crippen LogP contribution in [0.25, 0.3) is 0 Å². The molecule has 4 nitrogen and oxygen atoms in total. The highest BCUT2D eigenvalue weighted by atomic mass is 32.2. The van der Waals surface area contributed by atoms with Crippen LogP contribution in [0.15, 0.2) is 23.7 Å². The van der Waals surface area contributed by atoms with Crippen molar-refractivity contribution in [1.82, 2.24) is 9.78 Å². The Bertz CT molecular complexity index is 592. The Hall–Kier alpha value is -1.27. The van der Waals surface area contributed by atoms with Crippen molar-refractivity contribution in [2.24, 2.45) is 0 Å². The van der Waals surface area contributed by atoms with Gasteiger partial charge in [0.1, 0.15) is 5.82 Å². The van der Waals surface area contributed by atoms with E-state index >= 15 is 0 Å². The number of hydrogen-bond donors (Lipinski definition) is 1. The average Bonchev–Trinajstić information content (AvgIpc) is 3.07. The van der Waals surface area contributed by atoms with Gasteiger partial charge in [-0.25, -0.2) is 4.68 Å². The Balaban J connectivity index is 1.85. The van der Waals surface area contributed by atoms with Crippen LogP contribution >= 0.6 is 23.1 Å². The van der Waals surface area contributed by atoms with E-state index < -0.39 is 0 Å². The lowest BCUT2D eigenvalue weighted by Gasteiger charge is -2.23. The van der Waals surface area contributed by atoms with Gasteiger partial charge in [0.25, 0.3) is 0 Å². The quantitative estimate of drug-likeness (QED) is 0.923. The highest BCUT2D eigenvalue weighted by Gasteiger charge is 2.28. The number of hydrogen-bond acceptors (Lipinski definition) is 4. The third-order valence-corrected chi connectivity index (χ3v) is 5.06. The van der Waals surface area contributed by atoms with Crippen LogP contribution in [0.2, 0.25) is 0 Å². The van der Waals surface area contributed by atoms with Gasteiger partial charge in [-0.15, -0.1) is 11.3 Å². The minimum atomic E-state index is 0.108. The summed E-state index contributed by atoms with van der Waals surface area (Å²) in [5, 5.41) is 9.51. The fourth-order valence-corrected chi connectivity index (χ4v) is 3.75. The molecule has 0 unspecified atom stereocenters. The molecule has 1 N–H and O–H groups in total. The first-order valence-corrected chi connectivity index (χ1v) is 8.92. The summed E-state index contributed by atoms with van der Waals surface area (Å²) < 4.78 is 1.91. The van der Waals surface area contributed by atoms with Crippen LogP contribution in [-0.4, -0.2) is 27.7 Å². The van der Waals surface area contributed by atoms with Gasteiger partial charge < -0.3 is 5.32 Å². The molecule has 106 valence electrons. The predicted molar refractivity (Wildman–Crippen MR) is 84.6 cm³/mol. The van der Waals surface area contributed by atoms with E-state index in [1.54, 1.807) is 11.3 Å². The SMILES string of the molecule is CSCC[C@H]1CC(=O)Nc2c1cnn2Cc1cccs1. The number of nitrogens with one attached hydrogen (secondary N) is 1. The molecule has 0 fully saturated rings. The zero-order chi connectivity index (χ0) is 13.9. The number of carbonyl (C=O) groups excluding carboxylic acids is 1. The monoisotopic (exact) mass is 307 g/mol. The molecule has 1 aliphatic rings. The van der Waals surface area contributed by atoms with Crippen molar-refractivity contribution in [2.45, 2.75) is 25.3 Å². The van der Waals surface area contributed by atoms with E-state index in [-0.39, 0.29) is 5.91 Å². The molecule has 0 saturated carbocycles. The Morgan fingerprint density at radius 2 is 2.50 bits per heavy atom. The molecule has 2 aromatic rings. The van der Waals surface area contributed by atoms with Crippen LogP contribution in [-0.2, 0) is 11.3 Å². The summed E-state index contributed by atoms with van der Waals surface area (Å²) in [5.74, 6) is 2.38. The van der Waals surface area contributed by atoms with Gasteiger partial charge in [0.2, 0.25) is 5.91 Å². The van der Waals surface area contributed by atoms with Crippen LogP contribution in [0.4, 0.5) is 5.82 Å². The van der Waals surface area contributed by atoms with Gasteiger partial charge in [-0.2, -0.15) is 16.9 Å². The summed E-state index contributed by atoms with van der Waals surface area (Å²) in [6.07, 6.45) is 5.64. The fraction of sp³-hybridized carbons (Fsp3) is 0.429. The summed E-state index contributed by atoms with van der Waals surface area (Å²) in [6, 6.07) is 4.13. The molecule has 2 aromatic heterocycles. The van der Waals surface area contributed by atoms with Gasteiger partial charge in [-0.1, -0.05) is 6.07 Å². The van der Waals surface area contributed by atoms with Crippen molar-refractivity contribution >= 4 is 34.8 Å². The molecule has 0 saturated heterocycles. The first-order valence-electron chi connectivity index (χ1n) is 6.65. The van der Waals surface area contributed by atoms with E-state index in [1.165, 1.54) is 10.4 Å². The maximum Gasteiger partial charge on any atom is 0.226 e. The topological polar surface area (TPSA) is 46.9 Å². The van der Waals surface area contributed by atoms with Crippen molar-refractivity contribution < 1.29 is 4.79 Å². The van der Waals surface area contributed by atoms with E-state index in [0.29, 0.717) is 12.3 Å². The van der Waals surface area contributed by atoms with E-state index in [9.17, 15) is 4.79 Å². The second kappa shape index (κ2) is 6.01. The number of thiophene rings is 1. The highest BCUT2D eigenvalue weighted by molar-refractivity contribution is 7.98. The molecule has 0 aromatic carbocycles. The van der Waals surface area contributed by atoms with Crippen molar-refractivity contribution in [3.8, 4) is 0 Å². The van der Waals surface area contributed by atoms with E-state index in [4.69, 9.17) is 0 Å². The average molecular weight is 307 g/mol. The molecule has 0 radical (unpaired) electrons. The van der Waals surface area contributed by atoms with Gasteiger partial charge >= 0.3 is 0 Å². The molecule has 1 atom stereocenters. The number of carbonyl (C=O) groups is 1. The molecule has 3 heterocycles. The molecule has 1 aliphatic heterocycles. The summed E-state index contributed by atoms with van der Waals surface area (Å²) in [6.45, 7) is 0.725.